The van der Waals surface area contributed by atoms with Crippen molar-refractivity contribution < 1.29 is 19.1 Å². The largest absolute Gasteiger partial charge is 0.455 e. The van der Waals surface area contributed by atoms with Crippen molar-refractivity contribution in [3.63, 3.8) is 0 Å². The molecule has 1 aromatic heterocycles. The van der Waals surface area contributed by atoms with Gasteiger partial charge in [-0.3, -0.25) is 24.3 Å². The number of esters is 1. The summed E-state index contributed by atoms with van der Waals surface area (Å²) in [6, 6.07) is 27.5. The quantitative estimate of drug-likeness (QED) is 0.309. The van der Waals surface area contributed by atoms with Crippen molar-refractivity contribution >= 4 is 29.5 Å². The van der Waals surface area contributed by atoms with E-state index in [-0.39, 0.29) is 5.75 Å². The molecule has 3 aromatic carbocycles. The van der Waals surface area contributed by atoms with Crippen LogP contribution in [0, 0.1) is 0 Å². The van der Waals surface area contributed by atoms with Gasteiger partial charge in [0.15, 0.2) is 17.6 Å². The number of imide groups is 1. The van der Waals surface area contributed by atoms with Crippen LogP contribution in [-0.4, -0.2) is 44.9 Å². The molecule has 170 valence electrons. The first-order valence-corrected chi connectivity index (χ1v) is 11.3. The fourth-order valence-corrected chi connectivity index (χ4v) is 3.83. The topological polar surface area (TPSA) is 103 Å². The molecule has 0 spiro atoms. The smallest absolute Gasteiger partial charge is 0.316 e. The van der Waals surface area contributed by atoms with Gasteiger partial charge in [0.1, 0.15) is 0 Å². The van der Waals surface area contributed by atoms with Crippen LogP contribution in [0.2, 0.25) is 0 Å². The van der Waals surface area contributed by atoms with Crippen molar-refractivity contribution in [1.29, 1.82) is 0 Å². The van der Waals surface area contributed by atoms with E-state index in [2.05, 4.69) is 15.5 Å². The van der Waals surface area contributed by atoms with Crippen molar-refractivity contribution in [1.82, 2.24) is 20.1 Å². The number of hydrogen-bond donors (Lipinski definition) is 1. The molecule has 8 nitrogen and oxygen atoms in total. The van der Waals surface area contributed by atoms with Gasteiger partial charge in [0, 0.05) is 16.8 Å². The summed E-state index contributed by atoms with van der Waals surface area (Å²) in [7, 11) is 0. The molecule has 34 heavy (non-hydrogen) atoms. The Morgan fingerprint density at radius 2 is 1.44 bits per heavy atom. The highest BCUT2D eigenvalue weighted by Crippen LogP contribution is 2.27. The van der Waals surface area contributed by atoms with Crippen LogP contribution in [0.4, 0.5) is 0 Å². The molecule has 0 radical (unpaired) electrons. The van der Waals surface area contributed by atoms with Gasteiger partial charge in [-0.05, 0) is 24.3 Å². The first-order chi connectivity index (χ1) is 16.6. The second-order valence-corrected chi connectivity index (χ2v) is 7.98. The zero-order valence-electron chi connectivity index (χ0n) is 18.0. The molecule has 4 aromatic rings. The third-order valence-corrected chi connectivity index (χ3v) is 5.55. The Morgan fingerprint density at radius 1 is 0.824 bits per heavy atom. The third kappa shape index (κ3) is 5.76. The molecule has 0 bridgehead atoms. The van der Waals surface area contributed by atoms with E-state index in [0.29, 0.717) is 16.5 Å². The van der Waals surface area contributed by atoms with E-state index in [9.17, 15) is 14.4 Å². The maximum atomic E-state index is 12.2. The minimum atomic E-state index is -0.703. The van der Waals surface area contributed by atoms with Gasteiger partial charge >= 0.3 is 5.97 Å². The summed E-state index contributed by atoms with van der Waals surface area (Å²) in [6.45, 7) is -0.557. The van der Waals surface area contributed by atoms with Crippen molar-refractivity contribution in [3.05, 3.63) is 96.6 Å². The molecule has 0 aliphatic heterocycles. The normalized spacial score (nSPS) is 10.5. The van der Waals surface area contributed by atoms with Crippen LogP contribution in [0.5, 0.6) is 0 Å². The van der Waals surface area contributed by atoms with Crippen molar-refractivity contribution in [2.24, 2.45) is 0 Å². The maximum absolute atomic E-state index is 12.2. The molecule has 0 aliphatic rings. The van der Waals surface area contributed by atoms with Crippen LogP contribution < -0.4 is 5.32 Å². The third-order valence-electron chi connectivity index (χ3n) is 4.65. The lowest BCUT2D eigenvalue weighted by molar-refractivity contribution is -0.145. The van der Waals surface area contributed by atoms with E-state index >= 15 is 0 Å². The summed E-state index contributed by atoms with van der Waals surface area (Å²) in [6.07, 6.45) is 0. The first kappa shape index (κ1) is 22.9. The standard InChI is InChI=1S/C25H20N4O4S/c30-21(26-24(32)19-12-6-2-7-13-19)16-33-22(31)17-34-25-28-27-23(18-10-4-1-5-11-18)29(25)20-14-8-3-9-15-20/h1-15H,16-17H2,(H,26,30,32). The Balaban J connectivity index is 1.38. The lowest BCUT2D eigenvalue weighted by atomic mass is 10.2. The zero-order valence-corrected chi connectivity index (χ0v) is 18.8. The van der Waals surface area contributed by atoms with Gasteiger partial charge in [-0.1, -0.05) is 78.5 Å². The van der Waals surface area contributed by atoms with Crippen LogP contribution in [0.3, 0.4) is 0 Å². The Kier molecular flexibility index (Phi) is 7.46. The van der Waals surface area contributed by atoms with E-state index in [4.69, 9.17) is 4.74 Å². The minimum Gasteiger partial charge on any atom is -0.455 e. The molecule has 0 saturated carbocycles. The Labute approximate surface area is 200 Å². The van der Waals surface area contributed by atoms with Gasteiger partial charge in [-0.25, -0.2) is 0 Å². The van der Waals surface area contributed by atoms with Crippen molar-refractivity contribution in [2.75, 3.05) is 12.4 Å². The van der Waals surface area contributed by atoms with E-state index in [1.54, 1.807) is 30.3 Å². The highest BCUT2D eigenvalue weighted by atomic mass is 32.2. The van der Waals surface area contributed by atoms with E-state index in [1.165, 1.54) is 0 Å². The number of benzene rings is 3. The molecule has 0 fully saturated rings. The van der Waals surface area contributed by atoms with Crippen molar-refractivity contribution in [3.8, 4) is 17.1 Å². The Morgan fingerprint density at radius 3 is 2.12 bits per heavy atom. The summed E-state index contributed by atoms with van der Waals surface area (Å²) in [5.41, 5.74) is 2.07. The number of para-hydroxylation sites is 1. The molecular formula is C25H20N4O4S. The monoisotopic (exact) mass is 472 g/mol. The molecule has 0 aliphatic carbocycles. The predicted molar refractivity (Wildman–Crippen MR) is 127 cm³/mol. The fourth-order valence-electron chi connectivity index (χ4n) is 3.08. The summed E-state index contributed by atoms with van der Waals surface area (Å²) in [5.74, 6) is -1.32. The van der Waals surface area contributed by atoms with Crippen LogP contribution >= 0.6 is 11.8 Å². The number of ether oxygens (including phenoxy) is 1. The van der Waals surface area contributed by atoms with Gasteiger partial charge in [0.2, 0.25) is 0 Å². The molecule has 1 heterocycles. The summed E-state index contributed by atoms with van der Waals surface area (Å²) in [5, 5.41) is 11.3. The van der Waals surface area contributed by atoms with Crippen LogP contribution in [-0.2, 0) is 14.3 Å². The number of hydrogen-bond acceptors (Lipinski definition) is 7. The second-order valence-electron chi connectivity index (χ2n) is 7.04. The Bertz CT molecular complexity index is 1280. The van der Waals surface area contributed by atoms with E-state index in [1.807, 2.05) is 65.2 Å². The molecule has 9 heteroatoms. The van der Waals surface area contributed by atoms with Gasteiger partial charge < -0.3 is 4.74 Å². The summed E-state index contributed by atoms with van der Waals surface area (Å²) >= 11 is 1.14. The number of rotatable bonds is 8. The molecule has 2 amide bonds. The zero-order chi connectivity index (χ0) is 23.8. The summed E-state index contributed by atoms with van der Waals surface area (Å²) < 4.78 is 6.88. The molecule has 0 saturated heterocycles. The average molecular weight is 473 g/mol. The maximum Gasteiger partial charge on any atom is 0.316 e. The van der Waals surface area contributed by atoms with Gasteiger partial charge in [-0.15, -0.1) is 10.2 Å². The Hall–Kier alpha value is -4.24. The highest BCUT2D eigenvalue weighted by molar-refractivity contribution is 7.99. The SMILES string of the molecule is O=C(COC(=O)CSc1nnc(-c2ccccc2)n1-c1ccccc1)NC(=O)c1ccccc1. The minimum absolute atomic E-state index is 0.0837. The van der Waals surface area contributed by atoms with Crippen LogP contribution in [0.25, 0.3) is 17.1 Å². The van der Waals surface area contributed by atoms with Gasteiger partial charge in [0.05, 0.1) is 5.75 Å². The van der Waals surface area contributed by atoms with Crippen LogP contribution in [0.15, 0.2) is 96.2 Å². The number of nitrogens with one attached hydrogen (secondary N) is 1. The number of amides is 2. The predicted octanol–water partition coefficient (Wildman–Crippen LogP) is 3.53. The number of carbonyl (C=O) groups excluding carboxylic acids is 3. The molecule has 0 atom stereocenters. The summed E-state index contributed by atoms with van der Waals surface area (Å²) in [4.78, 5) is 36.2. The molecule has 1 N–H and O–H groups in total. The fraction of sp³-hybridized carbons (Fsp3) is 0.0800. The number of thioether (sulfide) groups is 1. The number of carbonyl (C=O) groups is 3. The van der Waals surface area contributed by atoms with E-state index in [0.717, 1.165) is 23.0 Å². The second kappa shape index (κ2) is 11.1. The van der Waals surface area contributed by atoms with Gasteiger partial charge in [-0.2, -0.15) is 0 Å². The lowest BCUT2D eigenvalue weighted by Gasteiger charge is -2.10. The molecule has 4 rings (SSSR count). The number of aromatic nitrogens is 3. The van der Waals surface area contributed by atoms with E-state index < -0.39 is 24.4 Å². The average Bonchev–Trinajstić information content (AvgIpc) is 3.32. The lowest BCUT2D eigenvalue weighted by Crippen LogP contribution is -2.34. The first-order valence-electron chi connectivity index (χ1n) is 10.4. The molecule has 0 unspecified atom stereocenters. The molecular weight excluding hydrogens is 452 g/mol. The van der Waals surface area contributed by atoms with Crippen molar-refractivity contribution in [2.45, 2.75) is 5.16 Å². The highest BCUT2D eigenvalue weighted by Gasteiger charge is 2.18. The van der Waals surface area contributed by atoms with Gasteiger partial charge in [0.25, 0.3) is 11.8 Å². The number of nitrogens with zero attached hydrogens (tertiary/aromatic N) is 3. The van der Waals surface area contributed by atoms with Crippen LogP contribution in [0.1, 0.15) is 10.4 Å².